The highest BCUT2D eigenvalue weighted by molar-refractivity contribution is 7.25. The summed E-state index contributed by atoms with van der Waals surface area (Å²) in [7, 11) is 0. The van der Waals surface area contributed by atoms with Gasteiger partial charge in [-0.25, -0.2) is 9.97 Å². The maximum Gasteiger partial charge on any atom is 0.164 e. The van der Waals surface area contributed by atoms with Gasteiger partial charge in [-0.05, 0) is 58.7 Å². The molecule has 0 bridgehead atoms. The third-order valence-corrected chi connectivity index (χ3v) is 10.7. The van der Waals surface area contributed by atoms with Gasteiger partial charge in [0, 0.05) is 42.1 Å². The molecule has 0 saturated carbocycles. The SMILES string of the molecule is c1ccc(-c2ccc(-c3cc(-c4ccccc4)nc(-c4ccc(-c5ccc6sc7ccccc7c6c5)c5c4oc4ccccc45)n3)cc2)cc1. The summed E-state index contributed by atoms with van der Waals surface area (Å²) in [4.78, 5) is 10.4. The van der Waals surface area contributed by atoms with E-state index < -0.39 is 0 Å². The van der Waals surface area contributed by atoms with Crippen LogP contribution in [0.25, 0.3) is 98.3 Å². The average molecular weight is 657 g/mol. The second-order valence-corrected chi connectivity index (χ2v) is 13.6. The highest BCUT2D eigenvalue weighted by atomic mass is 32.1. The molecule has 3 heterocycles. The molecule has 0 amide bonds. The summed E-state index contributed by atoms with van der Waals surface area (Å²) < 4.78 is 9.31. The van der Waals surface area contributed by atoms with Gasteiger partial charge in [0.25, 0.3) is 0 Å². The van der Waals surface area contributed by atoms with Gasteiger partial charge in [0.05, 0.1) is 17.0 Å². The molecular weight excluding hydrogens is 629 g/mol. The minimum atomic E-state index is 0.628. The maximum atomic E-state index is 6.72. The lowest BCUT2D eigenvalue weighted by molar-refractivity contribution is 0.669. The van der Waals surface area contributed by atoms with E-state index >= 15 is 0 Å². The van der Waals surface area contributed by atoms with Crippen molar-refractivity contribution in [2.24, 2.45) is 0 Å². The fourth-order valence-corrected chi connectivity index (χ4v) is 8.16. The fourth-order valence-electron chi connectivity index (χ4n) is 7.07. The van der Waals surface area contributed by atoms with Crippen molar-refractivity contribution >= 4 is 53.4 Å². The van der Waals surface area contributed by atoms with Crippen LogP contribution in [0.5, 0.6) is 0 Å². The fraction of sp³-hybridized carbons (Fsp3) is 0. The van der Waals surface area contributed by atoms with E-state index in [1.54, 1.807) is 0 Å². The van der Waals surface area contributed by atoms with Gasteiger partial charge in [-0.1, -0.05) is 133 Å². The minimum absolute atomic E-state index is 0.628. The quantitative estimate of drug-likeness (QED) is 0.185. The molecule has 7 aromatic carbocycles. The van der Waals surface area contributed by atoms with Crippen LogP contribution in [0.1, 0.15) is 0 Å². The Morgan fingerprint density at radius 1 is 0.400 bits per heavy atom. The van der Waals surface area contributed by atoms with Crippen LogP contribution < -0.4 is 0 Å². The van der Waals surface area contributed by atoms with Crippen LogP contribution in [-0.4, -0.2) is 9.97 Å². The van der Waals surface area contributed by atoms with E-state index in [1.807, 2.05) is 47.7 Å². The predicted octanol–water partition coefficient (Wildman–Crippen LogP) is 13.1. The van der Waals surface area contributed by atoms with E-state index in [1.165, 1.54) is 31.3 Å². The molecular formula is C46H28N2OS. The van der Waals surface area contributed by atoms with Crippen molar-refractivity contribution in [3.8, 4) is 56.2 Å². The van der Waals surface area contributed by atoms with Gasteiger partial charge in [0.2, 0.25) is 0 Å². The minimum Gasteiger partial charge on any atom is -0.455 e. The predicted molar refractivity (Wildman–Crippen MR) is 209 cm³/mol. The summed E-state index contributed by atoms with van der Waals surface area (Å²) in [5.74, 6) is 0.628. The number of benzene rings is 7. The molecule has 10 aromatic rings. The summed E-state index contributed by atoms with van der Waals surface area (Å²) in [6, 6.07) is 59.5. The van der Waals surface area contributed by atoms with E-state index in [-0.39, 0.29) is 0 Å². The molecule has 0 spiro atoms. The lowest BCUT2D eigenvalue weighted by atomic mass is 9.95. The first-order valence-electron chi connectivity index (χ1n) is 16.7. The van der Waals surface area contributed by atoms with Gasteiger partial charge < -0.3 is 4.42 Å². The second kappa shape index (κ2) is 11.7. The van der Waals surface area contributed by atoms with Crippen molar-refractivity contribution < 1.29 is 4.42 Å². The molecule has 50 heavy (non-hydrogen) atoms. The molecule has 0 aliphatic carbocycles. The first kappa shape index (κ1) is 28.6. The van der Waals surface area contributed by atoms with Gasteiger partial charge in [-0.2, -0.15) is 0 Å². The van der Waals surface area contributed by atoms with Gasteiger partial charge >= 0.3 is 0 Å². The van der Waals surface area contributed by atoms with Crippen molar-refractivity contribution in [1.29, 1.82) is 0 Å². The Hall–Kier alpha value is -6.36. The first-order chi connectivity index (χ1) is 24.8. The van der Waals surface area contributed by atoms with Crippen LogP contribution in [-0.2, 0) is 0 Å². The normalized spacial score (nSPS) is 11.6. The zero-order valence-corrected chi connectivity index (χ0v) is 27.7. The Labute approximate surface area is 292 Å². The number of para-hydroxylation sites is 1. The van der Waals surface area contributed by atoms with E-state index in [9.17, 15) is 0 Å². The Morgan fingerprint density at radius 2 is 0.960 bits per heavy atom. The third kappa shape index (κ3) is 4.80. The summed E-state index contributed by atoms with van der Waals surface area (Å²) in [5, 5.41) is 4.70. The van der Waals surface area contributed by atoms with Crippen LogP contribution >= 0.6 is 11.3 Å². The molecule has 0 aliphatic rings. The van der Waals surface area contributed by atoms with Crippen LogP contribution in [0, 0.1) is 0 Å². The van der Waals surface area contributed by atoms with Crippen LogP contribution in [0.4, 0.5) is 0 Å². The number of fused-ring (bicyclic) bond motifs is 6. The molecule has 0 fully saturated rings. The van der Waals surface area contributed by atoms with Gasteiger partial charge in [-0.15, -0.1) is 11.3 Å². The van der Waals surface area contributed by atoms with Crippen molar-refractivity contribution in [3.63, 3.8) is 0 Å². The van der Waals surface area contributed by atoms with Crippen LogP contribution in [0.15, 0.2) is 174 Å². The van der Waals surface area contributed by atoms with Gasteiger partial charge in [0.15, 0.2) is 5.82 Å². The number of hydrogen-bond donors (Lipinski definition) is 0. The van der Waals surface area contributed by atoms with E-state index in [4.69, 9.17) is 14.4 Å². The number of furan rings is 1. The second-order valence-electron chi connectivity index (χ2n) is 12.5. The molecule has 0 radical (unpaired) electrons. The maximum absolute atomic E-state index is 6.72. The zero-order valence-electron chi connectivity index (χ0n) is 26.9. The largest absolute Gasteiger partial charge is 0.455 e. The summed E-state index contributed by atoms with van der Waals surface area (Å²) in [6.45, 7) is 0. The first-order valence-corrected chi connectivity index (χ1v) is 17.6. The monoisotopic (exact) mass is 656 g/mol. The average Bonchev–Trinajstić information content (AvgIpc) is 3.77. The smallest absolute Gasteiger partial charge is 0.164 e. The van der Waals surface area contributed by atoms with E-state index in [0.29, 0.717) is 5.82 Å². The standard InChI is InChI=1S/C46H28N2OS/c1-3-11-29(12-4-1)30-19-21-32(22-20-30)40-28-39(31-13-5-2-6-14-31)47-46(48-40)37-25-24-34(44-36-16-7-9-17-41(36)49-45(37)44)33-23-26-43-38(27-33)35-15-8-10-18-42(35)50-43/h1-28H. The summed E-state index contributed by atoms with van der Waals surface area (Å²) >= 11 is 1.84. The third-order valence-electron chi connectivity index (χ3n) is 9.54. The Balaban J connectivity index is 1.18. The number of nitrogens with zero attached hydrogens (tertiary/aromatic N) is 2. The molecule has 0 aliphatic heterocycles. The summed E-state index contributed by atoms with van der Waals surface area (Å²) in [5.41, 5.74) is 10.9. The van der Waals surface area contributed by atoms with Crippen molar-refractivity contribution in [2.45, 2.75) is 0 Å². The van der Waals surface area contributed by atoms with E-state index in [2.05, 4.69) is 133 Å². The van der Waals surface area contributed by atoms with Crippen molar-refractivity contribution in [2.75, 3.05) is 0 Å². The number of rotatable bonds is 5. The van der Waals surface area contributed by atoms with Gasteiger partial charge in [0.1, 0.15) is 11.2 Å². The molecule has 0 unspecified atom stereocenters. The van der Waals surface area contributed by atoms with Crippen LogP contribution in [0.3, 0.4) is 0 Å². The summed E-state index contributed by atoms with van der Waals surface area (Å²) in [6.07, 6.45) is 0. The topological polar surface area (TPSA) is 38.9 Å². The zero-order chi connectivity index (χ0) is 33.0. The van der Waals surface area contributed by atoms with E-state index in [0.717, 1.165) is 61.1 Å². The highest BCUT2D eigenvalue weighted by Gasteiger charge is 2.20. The molecule has 4 heteroatoms. The van der Waals surface area contributed by atoms with Gasteiger partial charge in [-0.3, -0.25) is 0 Å². The number of thiophene rings is 1. The molecule has 0 saturated heterocycles. The number of hydrogen-bond acceptors (Lipinski definition) is 4. The highest BCUT2D eigenvalue weighted by Crippen LogP contribution is 2.43. The number of aromatic nitrogens is 2. The molecule has 3 aromatic heterocycles. The molecule has 0 atom stereocenters. The van der Waals surface area contributed by atoms with Crippen LogP contribution in [0.2, 0.25) is 0 Å². The molecule has 234 valence electrons. The molecule has 3 nitrogen and oxygen atoms in total. The molecule has 10 rings (SSSR count). The Bertz CT molecular complexity index is 2850. The van der Waals surface area contributed by atoms with Crippen molar-refractivity contribution in [3.05, 3.63) is 170 Å². The lowest BCUT2D eigenvalue weighted by Gasteiger charge is -2.12. The Kier molecular flexibility index (Phi) is 6.68. The lowest BCUT2D eigenvalue weighted by Crippen LogP contribution is -1.96. The Morgan fingerprint density at radius 3 is 1.74 bits per heavy atom. The molecule has 0 N–H and O–H groups in total. The van der Waals surface area contributed by atoms with Crippen molar-refractivity contribution in [1.82, 2.24) is 9.97 Å².